The predicted octanol–water partition coefficient (Wildman–Crippen LogP) is 1.78. The Morgan fingerprint density at radius 3 is 2.48 bits per heavy atom. The van der Waals surface area contributed by atoms with Crippen LogP contribution in [0.5, 0.6) is 0 Å². The lowest BCUT2D eigenvalue weighted by atomic mass is 9.92. The van der Waals surface area contributed by atoms with E-state index in [4.69, 9.17) is 9.47 Å². The molecule has 122 valence electrons. The molecule has 0 saturated carbocycles. The van der Waals surface area contributed by atoms with E-state index in [1.54, 1.807) is 11.8 Å². The Balaban J connectivity index is 2.72. The molecule has 1 amide bonds. The van der Waals surface area contributed by atoms with E-state index in [1.165, 1.54) is 0 Å². The Bertz CT molecular complexity index is 365. The van der Waals surface area contributed by atoms with Crippen LogP contribution in [0.25, 0.3) is 0 Å². The van der Waals surface area contributed by atoms with Crippen molar-refractivity contribution in [2.75, 3.05) is 26.2 Å². The molecule has 2 atom stereocenters. The van der Waals surface area contributed by atoms with Crippen molar-refractivity contribution in [3.63, 3.8) is 0 Å². The second kappa shape index (κ2) is 7.64. The van der Waals surface area contributed by atoms with Crippen molar-refractivity contribution in [3.8, 4) is 0 Å². The molecule has 1 fully saturated rings. The van der Waals surface area contributed by atoms with Gasteiger partial charge in [0.2, 0.25) is 0 Å². The fourth-order valence-corrected chi connectivity index (χ4v) is 2.44. The Kier molecular flexibility index (Phi) is 6.45. The quantitative estimate of drug-likeness (QED) is 0.802. The topological polar surface area (TPSA) is 67.9 Å². The van der Waals surface area contributed by atoms with Crippen LogP contribution < -0.4 is 5.32 Å². The van der Waals surface area contributed by atoms with Crippen LogP contribution in [0, 0.1) is 5.92 Å². The molecule has 0 aromatic rings. The fraction of sp³-hybridized carbons (Fsp3) is 0.867. The van der Waals surface area contributed by atoms with Crippen LogP contribution in [0.4, 0.5) is 4.79 Å². The zero-order valence-corrected chi connectivity index (χ0v) is 13.8. The number of ether oxygens (including phenoxy) is 2. The van der Waals surface area contributed by atoms with E-state index in [2.05, 4.69) is 5.32 Å². The van der Waals surface area contributed by atoms with Gasteiger partial charge in [0, 0.05) is 19.1 Å². The standard InChI is InChI=1S/C15H28N2O4/c1-6-16-12-8-9-17(14(19)21-15(3,4)5)10-11(12)13(18)20-7-2/h11-12,16H,6-10H2,1-5H3/t11-,12+/m1/s1. The number of piperidine rings is 1. The van der Waals surface area contributed by atoms with E-state index in [0.29, 0.717) is 19.7 Å². The van der Waals surface area contributed by atoms with Crippen LogP contribution in [-0.2, 0) is 14.3 Å². The van der Waals surface area contributed by atoms with Crippen molar-refractivity contribution in [1.29, 1.82) is 0 Å². The minimum Gasteiger partial charge on any atom is -0.466 e. The first-order valence-electron chi connectivity index (χ1n) is 7.66. The van der Waals surface area contributed by atoms with Gasteiger partial charge in [-0.05, 0) is 40.7 Å². The van der Waals surface area contributed by atoms with E-state index in [0.717, 1.165) is 13.0 Å². The fourth-order valence-electron chi connectivity index (χ4n) is 2.44. The largest absolute Gasteiger partial charge is 0.466 e. The van der Waals surface area contributed by atoms with E-state index >= 15 is 0 Å². The summed E-state index contributed by atoms with van der Waals surface area (Å²) >= 11 is 0. The Morgan fingerprint density at radius 2 is 1.95 bits per heavy atom. The summed E-state index contributed by atoms with van der Waals surface area (Å²) in [6.07, 6.45) is 0.350. The van der Waals surface area contributed by atoms with Gasteiger partial charge in [0.15, 0.2) is 0 Å². The maximum atomic E-state index is 12.1. The van der Waals surface area contributed by atoms with Gasteiger partial charge in [0.25, 0.3) is 0 Å². The highest BCUT2D eigenvalue weighted by molar-refractivity contribution is 5.75. The first-order chi connectivity index (χ1) is 9.78. The van der Waals surface area contributed by atoms with Crippen molar-refractivity contribution in [2.45, 2.75) is 52.7 Å². The van der Waals surface area contributed by atoms with Gasteiger partial charge in [-0.3, -0.25) is 4.79 Å². The lowest BCUT2D eigenvalue weighted by molar-refractivity contribution is -0.150. The van der Waals surface area contributed by atoms with Gasteiger partial charge in [0.05, 0.1) is 12.5 Å². The van der Waals surface area contributed by atoms with Crippen LogP contribution in [-0.4, -0.2) is 54.8 Å². The highest BCUT2D eigenvalue weighted by Gasteiger charge is 2.37. The lowest BCUT2D eigenvalue weighted by Gasteiger charge is -2.38. The number of rotatable bonds is 4. The Labute approximate surface area is 127 Å². The monoisotopic (exact) mass is 300 g/mol. The molecule has 0 aromatic carbocycles. The van der Waals surface area contributed by atoms with Gasteiger partial charge in [-0.15, -0.1) is 0 Å². The third-order valence-electron chi connectivity index (χ3n) is 3.32. The molecule has 1 saturated heterocycles. The minimum atomic E-state index is -0.533. The first kappa shape index (κ1) is 17.8. The van der Waals surface area contributed by atoms with Gasteiger partial charge in [-0.1, -0.05) is 6.92 Å². The zero-order chi connectivity index (χ0) is 16.0. The molecule has 6 nitrogen and oxygen atoms in total. The summed E-state index contributed by atoms with van der Waals surface area (Å²) in [4.78, 5) is 25.8. The molecule has 0 bridgehead atoms. The van der Waals surface area contributed by atoms with Crippen LogP contribution in [0.2, 0.25) is 0 Å². The lowest BCUT2D eigenvalue weighted by Crippen LogP contribution is -2.54. The summed E-state index contributed by atoms with van der Waals surface area (Å²) in [5, 5.41) is 3.30. The highest BCUT2D eigenvalue weighted by atomic mass is 16.6. The Hall–Kier alpha value is -1.30. The van der Waals surface area contributed by atoms with Gasteiger partial charge in [-0.25, -0.2) is 4.79 Å². The van der Waals surface area contributed by atoms with Crippen LogP contribution in [0.15, 0.2) is 0 Å². The number of hydrogen-bond donors (Lipinski definition) is 1. The summed E-state index contributed by atoms with van der Waals surface area (Å²) in [6, 6.07) is 0.0488. The van der Waals surface area contributed by atoms with E-state index in [9.17, 15) is 9.59 Å². The highest BCUT2D eigenvalue weighted by Crippen LogP contribution is 2.21. The number of esters is 1. The number of nitrogens with zero attached hydrogens (tertiary/aromatic N) is 1. The minimum absolute atomic E-state index is 0.0488. The molecular formula is C15H28N2O4. The van der Waals surface area contributed by atoms with E-state index in [-0.39, 0.29) is 24.0 Å². The van der Waals surface area contributed by atoms with Crippen LogP contribution >= 0.6 is 0 Å². The van der Waals surface area contributed by atoms with E-state index < -0.39 is 5.60 Å². The molecule has 21 heavy (non-hydrogen) atoms. The Morgan fingerprint density at radius 1 is 1.29 bits per heavy atom. The van der Waals surface area contributed by atoms with Crippen molar-refractivity contribution < 1.29 is 19.1 Å². The molecule has 0 aliphatic carbocycles. The van der Waals surface area contributed by atoms with Crippen molar-refractivity contribution in [1.82, 2.24) is 10.2 Å². The summed E-state index contributed by atoms with van der Waals surface area (Å²) in [6.45, 7) is 11.3. The number of nitrogens with one attached hydrogen (secondary N) is 1. The SMILES string of the molecule is CCN[C@H]1CCN(C(=O)OC(C)(C)C)C[C@H]1C(=O)OCC. The van der Waals surface area contributed by atoms with Crippen molar-refractivity contribution in [2.24, 2.45) is 5.92 Å². The molecule has 1 heterocycles. The van der Waals surface area contributed by atoms with Crippen molar-refractivity contribution >= 4 is 12.1 Å². The predicted molar refractivity (Wildman–Crippen MR) is 80.0 cm³/mol. The molecule has 0 aromatic heterocycles. The molecule has 1 rings (SSSR count). The molecule has 6 heteroatoms. The summed E-state index contributed by atoms with van der Waals surface area (Å²) in [5.74, 6) is -0.595. The number of carbonyl (C=O) groups is 2. The third kappa shape index (κ3) is 5.53. The van der Waals surface area contributed by atoms with Gasteiger partial charge >= 0.3 is 12.1 Å². The molecule has 0 unspecified atom stereocenters. The maximum Gasteiger partial charge on any atom is 0.410 e. The summed E-state index contributed by atoms with van der Waals surface area (Å²) < 4.78 is 10.5. The van der Waals surface area contributed by atoms with Gasteiger partial charge in [-0.2, -0.15) is 0 Å². The molecule has 0 spiro atoms. The zero-order valence-electron chi connectivity index (χ0n) is 13.8. The molecular weight excluding hydrogens is 272 g/mol. The number of amides is 1. The summed E-state index contributed by atoms with van der Waals surface area (Å²) in [7, 11) is 0. The second-order valence-electron chi connectivity index (χ2n) is 6.24. The van der Waals surface area contributed by atoms with Gasteiger partial charge < -0.3 is 19.7 Å². The smallest absolute Gasteiger partial charge is 0.410 e. The molecule has 1 aliphatic heterocycles. The molecule has 0 radical (unpaired) electrons. The molecule has 1 N–H and O–H groups in total. The number of likely N-dealkylation sites (tertiary alicyclic amines) is 1. The molecule has 1 aliphatic rings. The second-order valence-corrected chi connectivity index (χ2v) is 6.24. The normalized spacial score (nSPS) is 22.8. The number of hydrogen-bond acceptors (Lipinski definition) is 5. The van der Waals surface area contributed by atoms with Crippen LogP contribution in [0.1, 0.15) is 41.0 Å². The average Bonchev–Trinajstić information content (AvgIpc) is 2.37. The maximum absolute atomic E-state index is 12.1. The number of carbonyl (C=O) groups excluding carboxylic acids is 2. The average molecular weight is 300 g/mol. The van der Waals surface area contributed by atoms with Crippen molar-refractivity contribution in [3.05, 3.63) is 0 Å². The first-order valence-corrected chi connectivity index (χ1v) is 7.66. The third-order valence-corrected chi connectivity index (χ3v) is 3.32. The summed E-state index contributed by atoms with van der Waals surface area (Å²) in [5.41, 5.74) is -0.533. The van der Waals surface area contributed by atoms with Crippen LogP contribution in [0.3, 0.4) is 0 Å². The van der Waals surface area contributed by atoms with Gasteiger partial charge in [0.1, 0.15) is 5.60 Å². The van der Waals surface area contributed by atoms with E-state index in [1.807, 2.05) is 27.7 Å².